The van der Waals surface area contributed by atoms with Crippen LogP contribution in [0.4, 0.5) is 5.69 Å². The van der Waals surface area contributed by atoms with E-state index in [-0.39, 0.29) is 24.1 Å². The second-order valence-electron chi connectivity index (χ2n) is 5.15. The van der Waals surface area contributed by atoms with Crippen LogP contribution in [0.15, 0.2) is 18.2 Å². The Bertz CT molecular complexity index is 449. The second kappa shape index (κ2) is 7.81. The molecule has 0 fully saturated rings. The van der Waals surface area contributed by atoms with Crippen LogP contribution in [0.1, 0.15) is 25.8 Å². The number of ether oxygens (including phenoxy) is 1. The predicted octanol–water partition coefficient (Wildman–Crippen LogP) is 2.10. The fourth-order valence-electron chi connectivity index (χ4n) is 2.04. The maximum atomic E-state index is 10.9. The minimum Gasteiger partial charge on any atom is -0.490 e. The lowest BCUT2D eigenvalue weighted by Gasteiger charge is -2.18. The van der Waals surface area contributed by atoms with E-state index < -0.39 is 4.92 Å². The van der Waals surface area contributed by atoms with Gasteiger partial charge in [-0.05, 0) is 24.0 Å². The van der Waals surface area contributed by atoms with Crippen LogP contribution in [0.5, 0.6) is 5.75 Å². The van der Waals surface area contributed by atoms with Crippen LogP contribution in [0.25, 0.3) is 0 Å². The normalized spacial score (nSPS) is 12.4. The highest BCUT2D eigenvalue weighted by Crippen LogP contribution is 2.27. The first-order chi connectivity index (χ1) is 9.47. The van der Waals surface area contributed by atoms with Gasteiger partial charge in [0.2, 0.25) is 0 Å². The molecule has 112 valence electrons. The molecular weight excluding hydrogens is 260 g/mol. The van der Waals surface area contributed by atoms with Gasteiger partial charge in [-0.2, -0.15) is 0 Å². The van der Waals surface area contributed by atoms with Gasteiger partial charge < -0.3 is 15.2 Å². The maximum Gasteiger partial charge on any atom is 0.311 e. The van der Waals surface area contributed by atoms with E-state index in [0.29, 0.717) is 12.5 Å². The summed E-state index contributed by atoms with van der Waals surface area (Å²) in [6.07, 6.45) is 0.856. The largest absolute Gasteiger partial charge is 0.490 e. The van der Waals surface area contributed by atoms with Crippen LogP contribution in [-0.2, 0) is 6.54 Å². The molecule has 0 saturated heterocycles. The van der Waals surface area contributed by atoms with Gasteiger partial charge in [0, 0.05) is 18.7 Å². The van der Waals surface area contributed by atoms with Gasteiger partial charge >= 0.3 is 5.69 Å². The van der Waals surface area contributed by atoms with Gasteiger partial charge in [0.05, 0.1) is 18.6 Å². The zero-order valence-electron chi connectivity index (χ0n) is 12.1. The van der Waals surface area contributed by atoms with E-state index in [0.717, 1.165) is 12.0 Å². The number of aliphatic hydroxyl groups is 1. The van der Waals surface area contributed by atoms with Crippen molar-refractivity contribution in [2.75, 3.05) is 13.7 Å². The maximum absolute atomic E-state index is 10.9. The summed E-state index contributed by atoms with van der Waals surface area (Å²) in [5, 5.41) is 23.4. The first kappa shape index (κ1) is 16.4. The average Bonchev–Trinajstić information content (AvgIpc) is 2.42. The van der Waals surface area contributed by atoms with Crippen molar-refractivity contribution in [3.63, 3.8) is 0 Å². The first-order valence-corrected chi connectivity index (χ1v) is 6.63. The van der Waals surface area contributed by atoms with E-state index in [9.17, 15) is 15.2 Å². The molecule has 0 heterocycles. The summed E-state index contributed by atoms with van der Waals surface area (Å²) in [7, 11) is 1.41. The molecule has 0 aliphatic carbocycles. The molecule has 1 unspecified atom stereocenters. The molecule has 0 bridgehead atoms. The zero-order chi connectivity index (χ0) is 15.1. The van der Waals surface area contributed by atoms with Crippen LogP contribution >= 0.6 is 0 Å². The van der Waals surface area contributed by atoms with Crippen molar-refractivity contribution in [1.82, 2.24) is 5.32 Å². The lowest BCUT2D eigenvalue weighted by atomic mass is 10.0. The van der Waals surface area contributed by atoms with E-state index in [1.54, 1.807) is 12.1 Å². The highest BCUT2D eigenvalue weighted by atomic mass is 16.6. The molecule has 6 heteroatoms. The van der Waals surface area contributed by atoms with Crippen molar-refractivity contribution < 1.29 is 14.8 Å². The van der Waals surface area contributed by atoms with Crippen molar-refractivity contribution in [1.29, 1.82) is 0 Å². The van der Waals surface area contributed by atoms with Gasteiger partial charge in [-0.1, -0.05) is 19.9 Å². The fraction of sp³-hybridized carbons (Fsp3) is 0.571. The molecule has 2 N–H and O–H groups in total. The number of hydrogen-bond donors (Lipinski definition) is 2. The standard InChI is InChI=1S/C14H22N2O4/c1-10(2)6-12(9-17)15-8-11-4-5-14(20-3)13(7-11)16(18)19/h4-5,7,10,12,15,17H,6,8-9H2,1-3H3. The Kier molecular flexibility index (Phi) is 6.41. The molecule has 0 amide bonds. The molecule has 6 nitrogen and oxygen atoms in total. The van der Waals surface area contributed by atoms with Gasteiger partial charge in [-0.25, -0.2) is 0 Å². The number of rotatable bonds is 8. The first-order valence-electron chi connectivity index (χ1n) is 6.63. The molecule has 0 radical (unpaired) electrons. The van der Waals surface area contributed by atoms with Crippen molar-refractivity contribution in [2.45, 2.75) is 32.9 Å². The summed E-state index contributed by atoms with van der Waals surface area (Å²) in [6, 6.07) is 4.86. The molecule has 0 aromatic heterocycles. The minimum absolute atomic E-state index is 0.00356. The second-order valence-corrected chi connectivity index (χ2v) is 5.15. The third kappa shape index (κ3) is 4.79. The average molecular weight is 282 g/mol. The highest BCUT2D eigenvalue weighted by Gasteiger charge is 2.16. The predicted molar refractivity (Wildman–Crippen MR) is 76.8 cm³/mol. The summed E-state index contributed by atoms with van der Waals surface area (Å²) in [5.41, 5.74) is 0.746. The lowest BCUT2D eigenvalue weighted by molar-refractivity contribution is -0.385. The Labute approximate surface area is 118 Å². The minimum atomic E-state index is -0.458. The van der Waals surface area contributed by atoms with Crippen LogP contribution in [0.2, 0.25) is 0 Å². The summed E-state index contributed by atoms with van der Waals surface area (Å²) in [4.78, 5) is 10.5. The Morgan fingerprint density at radius 2 is 2.15 bits per heavy atom. The van der Waals surface area contributed by atoms with E-state index in [4.69, 9.17) is 4.74 Å². The van der Waals surface area contributed by atoms with E-state index >= 15 is 0 Å². The summed E-state index contributed by atoms with van der Waals surface area (Å²) < 4.78 is 4.96. The van der Waals surface area contributed by atoms with Crippen LogP contribution in [0, 0.1) is 16.0 Å². The van der Waals surface area contributed by atoms with Crippen molar-refractivity contribution in [3.8, 4) is 5.75 Å². The zero-order valence-corrected chi connectivity index (χ0v) is 12.1. The number of benzene rings is 1. The number of aliphatic hydroxyl groups excluding tert-OH is 1. The third-order valence-electron chi connectivity index (χ3n) is 3.01. The van der Waals surface area contributed by atoms with Gasteiger partial charge in [-0.15, -0.1) is 0 Å². The van der Waals surface area contributed by atoms with E-state index in [1.807, 2.05) is 0 Å². The van der Waals surface area contributed by atoms with Crippen LogP contribution in [0.3, 0.4) is 0 Å². The lowest BCUT2D eigenvalue weighted by Crippen LogP contribution is -2.33. The van der Waals surface area contributed by atoms with Gasteiger partial charge in [-0.3, -0.25) is 10.1 Å². The Hall–Kier alpha value is -1.66. The van der Waals surface area contributed by atoms with Crippen LogP contribution < -0.4 is 10.1 Å². The van der Waals surface area contributed by atoms with Gasteiger partial charge in [0.25, 0.3) is 0 Å². The summed E-state index contributed by atoms with van der Waals surface area (Å²) >= 11 is 0. The quantitative estimate of drug-likeness (QED) is 0.563. The molecule has 0 aliphatic heterocycles. The highest BCUT2D eigenvalue weighted by molar-refractivity contribution is 5.48. The molecule has 1 aromatic rings. The summed E-state index contributed by atoms with van der Waals surface area (Å²) in [6.45, 7) is 4.70. The molecule has 1 atom stereocenters. The van der Waals surface area contributed by atoms with Gasteiger partial charge in [0.15, 0.2) is 5.75 Å². The van der Waals surface area contributed by atoms with Crippen molar-refractivity contribution in [3.05, 3.63) is 33.9 Å². The van der Waals surface area contributed by atoms with Gasteiger partial charge in [0.1, 0.15) is 0 Å². The Morgan fingerprint density at radius 3 is 2.65 bits per heavy atom. The number of nitrogens with one attached hydrogen (secondary N) is 1. The molecule has 0 spiro atoms. The fourth-order valence-corrected chi connectivity index (χ4v) is 2.04. The van der Waals surface area contributed by atoms with E-state index in [2.05, 4.69) is 19.2 Å². The number of nitrogens with zero attached hydrogens (tertiary/aromatic N) is 1. The number of nitro benzene ring substituents is 1. The van der Waals surface area contributed by atoms with Crippen molar-refractivity contribution in [2.24, 2.45) is 5.92 Å². The summed E-state index contributed by atoms with van der Waals surface area (Å²) in [5.74, 6) is 0.726. The molecule has 1 aromatic carbocycles. The van der Waals surface area contributed by atoms with Crippen molar-refractivity contribution >= 4 is 5.69 Å². The van der Waals surface area contributed by atoms with Crippen LogP contribution in [-0.4, -0.2) is 29.8 Å². The SMILES string of the molecule is COc1ccc(CNC(CO)CC(C)C)cc1[N+](=O)[O-]. The number of nitro groups is 1. The molecule has 1 rings (SSSR count). The molecule has 0 aliphatic rings. The topological polar surface area (TPSA) is 84.6 Å². The Morgan fingerprint density at radius 1 is 1.45 bits per heavy atom. The monoisotopic (exact) mass is 282 g/mol. The smallest absolute Gasteiger partial charge is 0.311 e. The molecule has 20 heavy (non-hydrogen) atoms. The molecular formula is C14H22N2O4. The molecule has 0 saturated carbocycles. The Balaban J connectivity index is 2.73. The number of hydrogen-bond acceptors (Lipinski definition) is 5. The van der Waals surface area contributed by atoms with E-state index in [1.165, 1.54) is 13.2 Å². The third-order valence-corrected chi connectivity index (χ3v) is 3.01. The number of methoxy groups -OCH3 is 1.